The minimum absolute atomic E-state index is 0.591. The van der Waals surface area contributed by atoms with Crippen LogP contribution in [0.25, 0.3) is 0 Å². The Balaban J connectivity index is 1.84. The van der Waals surface area contributed by atoms with Crippen molar-refractivity contribution in [3.63, 3.8) is 0 Å². The van der Waals surface area contributed by atoms with E-state index in [9.17, 15) is 0 Å². The van der Waals surface area contributed by atoms with E-state index < -0.39 is 0 Å². The van der Waals surface area contributed by atoms with Crippen LogP contribution in [-0.4, -0.2) is 35.1 Å². The first-order valence-corrected chi connectivity index (χ1v) is 7.06. The van der Waals surface area contributed by atoms with Crippen LogP contribution in [0.4, 0.5) is 5.69 Å². The summed E-state index contributed by atoms with van der Waals surface area (Å²) < 4.78 is 0.887. The minimum Gasteiger partial charge on any atom is -0.381 e. The fourth-order valence-electron chi connectivity index (χ4n) is 2.26. The van der Waals surface area contributed by atoms with Gasteiger partial charge in [-0.1, -0.05) is 0 Å². The molecule has 0 bridgehead atoms. The molecule has 3 nitrogen and oxygen atoms in total. The molecule has 0 atom stereocenters. The van der Waals surface area contributed by atoms with E-state index in [1.165, 1.54) is 25.9 Å². The van der Waals surface area contributed by atoms with Gasteiger partial charge in [-0.25, -0.2) is 4.98 Å². The third-order valence-electron chi connectivity index (χ3n) is 3.36. The number of aromatic nitrogens is 1. The van der Waals surface area contributed by atoms with Crippen LogP contribution in [0.3, 0.4) is 0 Å². The van der Waals surface area contributed by atoms with Gasteiger partial charge in [0, 0.05) is 25.2 Å². The van der Waals surface area contributed by atoms with Crippen LogP contribution in [-0.2, 0) is 0 Å². The molecule has 1 aliphatic rings. The number of anilines is 1. The standard InChI is InChI=1S/C13H20BrN3/c1-10(2)17-7-5-11(6-8-17)16-12-3-4-13(14)15-9-12/h3-4,9-11,16H,5-8H2,1-2H3. The lowest BCUT2D eigenvalue weighted by molar-refractivity contribution is 0.177. The molecule has 1 fully saturated rings. The Morgan fingerprint density at radius 2 is 2.06 bits per heavy atom. The maximum atomic E-state index is 4.23. The van der Waals surface area contributed by atoms with Gasteiger partial charge >= 0.3 is 0 Å². The molecule has 0 amide bonds. The van der Waals surface area contributed by atoms with Gasteiger partial charge in [0.15, 0.2) is 0 Å². The molecule has 0 radical (unpaired) electrons. The van der Waals surface area contributed by atoms with Gasteiger partial charge in [-0.15, -0.1) is 0 Å². The summed E-state index contributed by atoms with van der Waals surface area (Å²) in [6, 6.07) is 5.32. The van der Waals surface area contributed by atoms with Gasteiger partial charge in [0.2, 0.25) is 0 Å². The Bertz CT molecular complexity index is 342. The molecule has 1 aromatic heterocycles. The SMILES string of the molecule is CC(C)N1CCC(Nc2ccc(Br)nc2)CC1. The fourth-order valence-corrected chi connectivity index (χ4v) is 2.49. The molecule has 1 aromatic rings. The summed E-state index contributed by atoms with van der Waals surface area (Å²) in [5.74, 6) is 0. The molecular formula is C13H20BrN3. The molecule has 1 N–H and O–H groups in total. The number of rotatable bonds is 3. The number of nitrogens with zero attached hydrogens (tertiary/aromatic N) is 2. The predicted molar refractivity (Wildman–Crippen MR) is 75.3 cm³/mol. The number of halogens is 1. The molecule has 0 aromatic carbocycles. The summed E-state index contributed by atoms with van der Waals surface area (Å²) in [7, 11) is 0. The van der Waals surface area contributed by atoms with E-state index >= 15 is 0 Å². The Labute approximate surface area is 112 Å². The van der Waals surface area contributed by atoms with Crippen molar-refractivity contribution >= 4 is 21.6 Å². The molecule has 1 aliphatic heterocycles. The van der Waals surface area contributed by atoms with E-state index in [0.717, 1.165) is 10.3 Å². The van der Waals surface area contributed by atoms with Gasteiger partial charge in [-0.3, -0.25) is 0 Å². The summed E-state index contributed by atoms with van der Waals surface area (Å²) in [5.41, 5.74) is 1.12. The highest BCUT2D eigenvalue weighted by atomic mass is 79.9. The summed E-state index contributed by atoms with van der Waals surface area (Å²) in [6.45, 7) is 6.93. The first kappa shape index (κ1) is 12.8. The molecular weight excluding hydrogens is 278 g/mol. The van der Waals surface area contributed by atoms with Crippen LogP contribution >= 0.6 is 15.9 Å². The van der Waals surface area contributed by atoms with Gasteiger partial charge in [0.25, 0.3) is 0 Å². The third-order valence-corrected chi connectivity index (χ3v) is 3.83. The second-order valence-corrected chi connectivity index (χ2v) is 5.73. The highest BCUT2D eigenvalue weighted by molar-refractivity contribution is 9.10. The molecule has 94 valence electrons. The monoisotopic (exact) mass is 297 g/mol. The lowest BCUT2D eigenvalue weighted by Gasteiger charge is -2.35. The van der Waals surface area contributed by atoms with Gasteiger partial charge in [0.05, 0.1) is 11.9 Å². The second-order valence-electron chi connectivity index (χ2n) is 4.92. The number of likely N-dealkylation sites (tertiary alicyclic amines) is 1. The largest absolute Gasteiger partial charge is 0.381 e. The highest BCUT2D eigenvalue weighted by Gasteiger charge is 2.20. The van der Waals surface area contributed by atoms with Gasteiger partial charge in [-0.2, -0.15) is 0 Å². The molecule has 0 unspecified atom stereocenters. The van der Waals surface area contributed by atoms with Crippen molar-refractivity contribution in [1.29, 1.82) is 0 Å². The van der Waals surface area contributed by atoms with E-state index in [1.807, 2.05) is 12.3 Å². The maximum Gasteiger partial charge on any atom is 0.106 e. The van der Waals surface area contributed by atoms with Crippen molar-refractivity contribution in [2.75, 3.05) is 18.4 Å². The zero-order valence-electron chi connectivity index (χ0n) is 10.5. The zero-order valence-corrected chi connectivity index (χ0v) is 12.1. The molecule has 2 rings (SSSR count). The van der Waals surface area contributed by atoms with Gasteiger partial charge in [-0.05, 0) is 54.8 Å². The Morgan fingerprint density at radius 1 is 1.35 bits per heavy atom. The Hall–Kier alpha value is -0.610. The Morgan fingerprint density at radius 3 is 2.59 bits per heavy atom. The average Bonchev–Trinajstić information content (AvgIpc) is 2.33. The molecule has 0 saturated carbocycles. The highest BCUT2D eigenvalue weighted by Crippen LogP contribution is 2.18. The molecule has 4 heteroatoms. The summed E-state index contributed by atoms with van der Waals surface area (Å²) >= 11 is 3.35. The number of hydrogen-bond acceptors (Lipinski definition) is 3. The normalized spacial score (nSPS) is 18.6. The quantitative estimate of drug-likeness (QED) is 0.869. The zero-order chi connectivity index (χ0) is 12.3. The van der Waals surface area contributed by atoms with Crippen LogP contribution in [0, 0.1) is 0 Å². The van der Waals surface area contributed by atoms with Crippen LogP contribution in [0.2, 0.25) is 0 Å². The van der Waals surface area contributed by atoms with Crippen molar-refractivity contribution in [2.45, 2.75) is 38.8 Å². The fraction of sp³-hybridized carbons (Fsp3) is 0.615. The summed E-state index contributed by atoms with van der Waals surface area (Å²) in [4.78, 5) is 6.77. The van der Waals surface area contributed by atoms with Gasteiger partial charge < -0.3 is 10.2 Å². The van der Waals surface area contributed by atoms with Crippen LogP contribution < -0.4 is 5.32 Å². The lowest BCUT2D eigenvalue weighted by atomic mass is 10.0. The Kier molecular flexibility index (Phi) is 4.40. The minimum atomic E-state index is 0.591. The number of pyridine rings is 1. The third kappa shape index (κ3) is 3.68. The molecule has 2 heterocycles. The van der Waals surface area contributed by atoms with E-state index in [4.69, 9.17) is 0 Å². The summed E-state index contributed by atoms with van der Waals surface area (Å²) in [6.07, 6.45) is 4.32. The van der Waals surface area contributed by atoms with E-state index in [-0.39, 0.29) is 0 Å². The van der Waals surface area contributed by atoms with Crippen LogP contribution in [0.5, 0.6) is 0 Å². The summed E-state index contributed by atoms with van der Waals surface area (Å²) in [5, 5.41) is 3.56. The number of nitrogens with one attached hydrogen (secondary N) is 1. The smallest absolute Gasteiger partial charge is 0.106 e. The van der Waals surface area contributed by atoms with Gasteiger partial charge in [0.1, 0.15) is 4.60 Å². The second kappa shape index (κ2) is 5.83. The van der Waals surface area contributed by atoms with Crippen molar-refractivity contribution in [2.24, 2.45) is 0 Å². The maximum absolute atomic E-state index is 4.23. The van der Waals surface area contributed by atoms with E-state index in [1.54, 1.807) is 0 Å². The van der Waals surface area contributed by atoms with Crippen molar-refractivity contribution in [3.8, 4) is 0 Å². The van der Waals surface area contributed by atoms with E-state index in [0.29, 0.717) is 12.1 Å². The average molecular weight is 298 g/mol. The topological polar surface area (TPSA) is 28.2 Å². The predicted octanol–water partition coefficient (Wildman–Crippen LogP) is 3.13. The van der Waals surface area contributed by atoms with E-state index in [2.05, 4.69) is 51.0 Å². The molecule has 1 saturated heterocycles. The number of piperidine rings is 1. The van der Waals surface area contributed by atoms with Crippen molar-refractivity contribution in [3.05, 3.63) is 22.9 Å². The lowest BCUT2D eigenvalue weighted by Crippen LogP contribution is -2.42. The first-order chi connectivity index (χ1) is 8.15. The van der Waals surface area contributed by atoms with Crippen LogP contribution in [0.1, 0.15) is 26.7 Å². The van der Waals surface area contributed by atoms with Crippen molar-refractivity contribution in [1.82, 2.24) is 9.88 Å². The first-order valence-electron chi connectivity index (χ1n) is 6.27. The van der Waals surface area contributed by atoms with Crippen LogP contribution in [0.15, 0.2) is 22.9 Å². The molecule has 0 spiro atoms. The molecule has 17 heavy (non-hydrogen) atoms. The number of hydrogen-bond donors (Lipinski definition) is 1. The molecule has 0 aliphatic carbocycles. The van der Waals surface area contributed by atoms with Crippen molar-refractivity contribution < 1.29 is 0 Å².